The van der Waals surface area contributed by atoms with E-state index in [1.54, 1.807) is 0 Å². The van der Waals surface area contributed by atoms with Crippen molar-refractivity contribution in [1.82, 2.24) is 5.32 Å². The summed E-state index contributed by atoms with van der Waals surface area (Å²) < 4.78 is 51.8. The Kier molecular flexibility index (Phi) is 3.90. The summed E-state index contributed by atoms with van der Waals surface area (Å²) in [6.07, 6.45) is -4.40. The van der Waals surface area contributed by atoms with Crippen LogP contribution in [0, 0.1) is 5.92 Å². The average molecular weight is 261 g/mol. The van der Waals surface area contributed by atoms with Gasteiger partial charge in [0.15, 0.2) is 0 Å². The minimum Gasteiger partial charge on any atom is -0.317 e. The van der Waals surface area contributed by atoms with Crippen molar-refractivity contribution in [3.05, 3.63) is 35.4 Å². The number of hydrogen-bond donors (Lipinski definition) is 1. The zero-order valence-electron chi connectivity index (χ0n) is 9.80. The van der Waals surface area contributed by atoms with Gasteiger partial charge in [-0.15, -0.1) is 0 Å². The molecule has 0 aromatic heterocycles. The molecular weight excluding hydrogens is 246 g/mol. The Morgan fingerprint density at radius 1 is 1.17 bits per heavy atom. The summed E-state index contributed by atoms with van der Waals surface area (Å²) in [6, 6.07) is 4.60. The van der Waals surface area contributed by atoms with Crippen molar-refractivity contribution in [2.45, 2.75) is 25.2 Å². The van der Waals surface area contributed by atoms with Crippen LogP contribution in [0.15, 0.2) is 24.3 Å². The minimum absolute atomic E-state index is 0.136. The molecule has 1 N–H and O–H groups in total. The van der Waals surface area contributed by atoms with E-state index in [1.165, 1.54) is 12.1 Å². The molecule has 18 heavy (non-hydrogen) atoms. The normalized spacial score (nSPS) is 19.8. The lowest BCUT2D eigenvalue weighted by atomic mass is 9.88. The van der Waals surface area contributed by atoms with Gasteiger partial charge in [0, 0.05) is 0 Å². The maximum atomic E-state index is 14.2. The van der Waals surface area contributed by atoms with Gasteiger partial charge in [0.25, 0.3) is 0 Å². The average Bonchev–Trinajstić information content (AvgIpc) is 2.38. The van der Waals surface area contributed by atoms with E-state index in [4.69, 9.17) is 0 Å². The molecule has 1 aromatic carbocycles. The van der Waals surface area contributed by atoms with E-state index in [-0.39, 0.29) is 11.5 Å². The van der Waals surface area contributed by atoms with Gasteiger partial charge in [-0.1, -0.05) is 12.1 Å². The lowest BCUT2D eigenvalue weighted by Gasteiger charge is -2.26. The minimum atomic E-state index is -4.41. The summed E-state index contributed by atoms with van der Waals surface area (Å²) in [4.78, 5) is 0. The lowest BCUT2D eigenvalue weighted by Crippen LogP contribution is -2.29. The predicted octanol–water partition coefficient (Wildman–Crippen LogP) is 3.72. The van der Waals surface area contributed by atoms with Crippen LogP contribution in [-0.4, -0.2) is 13.1 Å². The number of benzene rings is 1. The van der Waals surface area contributed by atoms with Crippen LogP contribution < -0.4 is 5.32 Å². The summed E-state index contributed by atoms with van der Waals surface area (Å²) in [7, 11) is 0. The van der Waals surface area contributed by atoms with Crippen molar-refractivity contribution in [1.29, 1.82) is 0 Å². The van der Waals surface area contributed by atoms with Crippen LogP contribution in [0.2, 0.25) is 0 Å². The van der Waals surface area contributed by atoms with E-state index in [0.29, 0.717) is 12.8 Å². The van der Waals surface area contributed by atoms with Crippen LogP contribution in [0.4, 0.5) is 17.6 Å². The van der Waals surface area contributed by atoms with E-state index >= 15 is 0 Å². The number of alkyl halides is 4. The summed E-state index contributed by atoms with van der Waals surface area (Å²) in [6.45, 7) is 1.45. The summed E-state index contributed by atoms with van der Waals surface area (Å²) >= 11 is 0. The van der Waals surface area contributed by atoms with Crippen LogP contribution in [-0.2, 0) is 6.18 Å². The van der Waals surface area contributed by atoms with E-state index in [0.717, 1.165) is 25.2 Å². The number of piperidine rings is 1. The second-order valence-corrected chi connectivity index (χ2v) is 4.61. The highest BCUT2D eigenvalue weighted by Gasteiger charge is 2.32. The molecule has 1 aliphatic rings. The lowest BCUT2D eigenvalue weighted by molar-refractivity contribution is -0.137. The van der Waals surface area contributed by atoms with Gasteiger partial charge in [0.2, 0.25) is 0 Å². The van der Waals surface area contributed by atoms with Crippen molar-refractivity contribution < 1.29 is 17.6 Å². The van der Waals surface area contributed by atoms with Crippen molar-refractivity contribution in [3.63, 3.8) is 0 Å². The Hall–Kier alpha value is -1.10. The van der Waals surface area contributed by atoms with Gasteiger partial charge in [-0.05, 0) is 49.5 Å². The largest absolute Gasteiger partial charge is 0.416 e. The highest BCUT2D eigenvalue weighted by Crippen LogP contribution is 2.35. The molecule has 100 valence electrons. The zero-order valence-corrected chi connectivity index (χ0v) is 9.80. The van der Waals surface area contributed by atoms with Crippen LogP contribution in [0.1, 0.15) is 30.1 Å². The molecule has 0 amide bonds. The van der Waals surface area contributed by atoms with Gasteiger partial charge >= 0.3 is 6.18 Å². The molecule has 1 fully saturated rings. The van der Waals surface area contributed by atoms with Crippen molar-refractivity contribution in [2.75, 3.05) is 13.1 Å². The molecule has 0 spiro atoms. The molecule has 1 aliphatic heterocycles. The van der Waals surface area contributed by atoms with Gasteiger partial charge in [-0.3, -0.25) is 0 Å². The molecule has 1 aromatic rings. The first-order valence-electron chi connectivity index (χ1n) is 6.00. The van der Waals surface area contributed by atoms with E-state index in [9.17, 15) is 17.6 Å². The predicted molar refractivity (Wildman–Crippen MR) is 60.9 cm³/mol. The number of nitrogens with one attached hydrogen (secondary N) is 1. The van der Waals surface area contributed by atoms with Crippen LogP contribution in [0.25, 0.3) is 0 Å². The molecule has 0 bridgehead atoms. The Morgan fingerprint density at radius 2 is 1.83 bits per heavy atom. The Labute approximate surface area is 103 Å². The monoisotopic (exact) mass is 261 g/mol. The van der Waals surface area contributed by atoms with E-state index in [1.807, 2.05) is 0 Å². The Bertz CT molecular complexity index is 396. The molecule has 1 atom stereocenters. The number of hydrogen-bond acceptors (Lipinski definition) is 1. The molecule has 1 nitrogen and oxygen atoms in total. The van der Waals surface area contributed by atoms with Gasteiger partial charge in [-0.25, -0.2) is 4.39 Å². The maximum Gasteiger partial charge on any atom is 0.416 e. The van der Waals surface area contributed by atoms with Gasteiger partial charge in [-0.2, -0.15) is 13.2 Å². The van der Waals surface area contributed by atoms with Crippen LogP contribution >= 0.6 is 0 Å². The molecule has 1 unspecified atom stereocenters. The fourth-order valence-electron chi connectivity index (χ4n) is 2.30. The number of halogens is 4. The van der Waals surface area contributed by atoms with E-state index in [2.05, 4.69) is 5.32 Å². The highest BCUT2D eigenvalue weighted by atomic mass is 19.4. The molecule has 0 saturated carbocycles. The summed E-state index contributed by atoms with van der Waals surface area (Å²) in [5.74, 6) is -0.185. The third-order valence-corrected chi connectivity index (χ3v) is 3.33. The first-order chi connectivity index (χ1) is 8.48. The third-order valence-electron chi connectivity index (χ3n) is 3.33. The quantitative estimate of drug-likeness (QED) is 0.800. The molecule has 1 heterocycles. The molecule has 5 heteroatoms. The number of rotatable bonds is 2. The molecule has 0 aliphatic carbocycles. The smallest absolute Gasteiger partial charge is 0.317 e. The first-order valence-corrected chi connectivity index (χ1v) is 6.00. The SMILES string of the molecule is FC(c1cccc(C(F)(F)F)c1)C1CCNCC1. The second-order valence-electron chi connectivity index (χ2n) is 4.61. The third kappa shape index (κ3) is 3.02. The van der Waals surface area contributed by atoms with Gasteiger partial charge in [0.1, 0.15) is 6.17 Å². The van der Waals surface area contributed by atoms with Crippen molar-refractivity contribution in [2.24, 2.45) is 5.92 Å². The summed E-state index contributed by atoms with van der Waals surface area (Å²) in [5, 5.41) is 3.11. The molecule has 1 saturated heterocycles. The topological polar surface area (TPSA) is 12.0 Å². The van der Waals surface area contributed by atoms with Crippen LogP contribution in [0.3, 0.4) is 0 Å². The molecule has 0 radical (unpaired) electrons. The second kappa shape index (κ2) is 5.26. The zero-order chi connectivity index (χ0) is 13.2. The summed E-state index contributed by atoms with van der Waals surface area (Å²) in [5.41, 5.74) is -0.645. The maximum absolute atomic E-state index is 14.2. The first kappa shape index (κ1) is 13.3. The fourth-order valence-corrected chi connectivity index (χ4v) is 2.30. The van der Waals surface area contributed by atoms with E-state index < -0.39 is 17.9 Å². The Balaban J connectivity index is 2.17. The van der Waals surface area contributed by atoms with Gasteiger partial charge in [0.05, 0.1) is 5.56 Å². The highest BCUT2D eigenvalue weighted by molar-refractivity contribution is 5.27. The van der Waals surface area contributed by atoms with Crippen molar-refractivity contribution >= 4 is 0 Å². The van der Waals surface area contributed by atoms with Crippen molar-refractivity contribution in [3.8, 4) is 0 Å². The van der Waals surface area contributed by atoms with Gasteiger partial charge < -0.3 is 5.32 Å². The Morgan fingerprint density at radius 3 is 2.44 bits per heavy atom. The standard InChI is InChI=1S/C13H15F4N/c14-12(9-4-6-18-7-5-9)10-2-1-3-11(8-10)13(15,16)17/h1-3,8-9,12,18H,4-7H2. The fraction of sp³-hybridized carbons (Fsp3) is 0.538. The molecular formula is C13H15F4N. The van der Waals surface area contributed by atoms with Crippen LogP contribution in [0.5, 0.6) is 0 Å². The molecule has 2 rings (SSSR count).